The molecule has 1 unspecified atom stereocenters. The number of ether oxygens (including phenoxy) is 1. The third kappa shape index (κ3) is 3.39. The summed E-state index contributed by atoms with van der Waals surface area (Å²) in [5, 5.41) is 0. The molecule has 0 saturated heterocycles. The Balaban J connectivity index is 2.81. The fourth-order valence-electron chi connectivity index (χ4n) is 1.46. The first-order chi connectivity index (χ1) is 7.95. The molecule has 0 bridgehead atoms. The van der Waals surface area contributed by atoms with Crippen LogP contribution in [0.3, 0.4) is 0 Å². The number of esters is 1. The van der Waals surface area contributed by atoms with Crippen LogP contribution in [0.4, 0.5) is 0 Å². The summed E-state index contributed by atoms with van der Waals surface area (Å²) in [5.74, 6) is -0.715. The Morgan fingerprint density at radius 2 is 1.94 bits per heavy atom. The van der Waals surface area contributed by atoms with E-state index in [1.165, 1.54) is 7.11 Å². The van der Waals surface area contributed by atoms with Gasteiger partial charge >= 0.3 is 5.97 Å². The molecule has 17 heavy (non-hydrogen) atoms. The van der Waals surface area contributed by atoms with E-state index in [1.54, 1.807) is 12.1 Å². The van der Waals surface area contributed by atoms with E-state index in [1.807, 2.05) is 19.9 Å². The highest BCUT2D eigenvalue weighted by atomic mass is 16.5. The Kier molecular flexibility index (Phi) is 4.40. The molecule has 1 rings (SSSR count). The van der Waals surface area contributed by atoms with Gasteiger partial charge in [-0.1, -0.05) is 12.1 Å². The van der Waals surface area contributed by atoms with Gasteiger partial charge in [0.15, 0.2) is 5.78 Å². The lowest BCUT2D eigenvalue weighted by atomic mass is 9.98. The monoisotopic (exact) mass is 235 g/mol. The quantitative estimate of drug-likeness (QED) is 0.632. The van der Waals surface area contributed by atoms with Crippen molar-refractivity contribution in [1.82, 2.24) is 0 Å². The highest BCUT2D eigenvalue weighted by Crippen LogP contribution is 2.12. The fraction of sp³-hybridized carbons (Fsp3) is 0.385. The highest BCUT2D eigenvalue weighted by Gasteiger charge is 2.19. The lowest BCUT2D eigenvalue weighted by Crippen LogP contribution is -2.33. The van der Waals surface area contributed by atoms with Crippen LogP contribution in [0.5, 0.6) is 0 Å². The van der Waals surface area contributed by atoms with Crippen molar-refractivity contribution in [3.05, 3.63) is 34.9 Å². The van der Waals surface area contributed by atoms with Crippen molar-refractivity contribution in [3.63, 3.8) is 0 Å². The molecule has 92 valence electrons. The number of rotatable bonds is 4. The predicted molar refractivity (Wildman–Crippen MR) is 64.9 cm³/mol. The summed E-state index contributed by atoms with van der Waals surface area (Å²) in [6.45, 7) is 3.90. The van der Waals surface area contributed by atoms with Crippen LogP contribution < -0.4 is 5.73 Å². The summed E-state index contributed by atoms with van der Waals surface area (Å²) in [6.07, 6.45) is -0.0950. The number of aryl methyl sites for hydroxylation is 2. The topological polar surface area (TPSA) is 69.4 Å². The van der Waals surface area contributed by atoms with E-state index < -0.39 is 12.0 Å². The van der Waals surface area contributed by atoms with Crippen LogP contribution in [-0.4, -0.2) is 24.9 Å². The summed E-state index contributed by atoms with van der Waals surface area (Å²) in [6, 6.07) is 4.54. The number of benzene rings is 1. The molecule has 4 heteroatoms. The van der Waals surface area contributed by atoms with Crippen molar-refractivity contribution >= 4 is 11.8 Å². The zero-order chi connectivity index (χ0) is 13.0. The summed E-state index contributed by atoms with van der Waals surface area (Å²) < 4.78 is 4.48. The molecule has 0 saturated carbocycles. The van der Waals surface area contributed by atoms with E-state index in [9.17, 15) is 9.59 Å². The number of hydrogen-bond donors (Lipinski definition) is 1. The number of hydrogen-bond acceptors (Lipinski definition) is 4. The Labute approximate surface area is 101 Å². The van der Waals surface area contributed by atoms with E-state index >= 15 is 0 Å². The van der Waals surface area contributed by atoms with E-state index in [-0.39, 0.29) is 12.2 Å². The summed E-state index contributed by atoms with van der Waals surface area (Å²) >= 11 is 0. The molecule has 0 amide bonds. The smallest absolute Gasteiger partial charge is 0.307 e. The molecule has 2 N–H and O–H groups in total. The van der Waals surface area contributed by atoms with Crippen molar-refractivity contribution in [1.29, 1.82) is 0 Å². The molecule has 0 fully saturated rings. The molecule has 0 aliphatic heterocycles. The standard InChI is InChI=1S/C13H17NO3/c1-8-4-5-10(6-9(8)2)13(16)11(14)7-12(15)17-3/h4-6,11H,7,14H2,1-3H3. The van der Waals surface area contributed by atoms with Gasteiger partial charge in [0.25, 0.3) is 0 Å². The van der Waals surface area contributed by atoms with Crippen molar-refractivity contribution in [2.24, 2.45) is 5.73 Å². The minimum absolute atomic E-state index is 0.0950. The number of Topliss-reactive ketones (excluding diaryl/α,β-unsaturated/α-hetero) is 1. The first-order valence-corrected chi connectivity index (χ1v) is 5.39. The van der Waals surface area contributed by atoms with Gasteiger partial charge in [-0.3, -0.25) is 9.59 Å². The Hall–Kier alpha value is -1.68. The van der Waals surface area contributed by atoms with Crippen LogP contribution >= 0.6 is 0 Å². The predicted octanol–water partition coefficient (Wildman–Crippen LogP) is 1.38. The van der Waals surface area contributed by atoms with Gasteiger partial charge in [0.05, 0.1) is 19.6 Å². The number of nitrogens with two attached hydrogens (primary N) is 1. The van der Waals surface area contributed by atoms with Crippen LogP contribution in [0.15, 0.2) is 18.2 Å². The summed E-state index contributed by atoms with van der Waals surface area (Å²) in [5.41, 5.74) is 8.34. The molecule has 1 aromatic carbocycles. The molecule has 1 atom stereocenters. The number of ketones is 1. The van der Waals surface area contributed by atoms with Crippen LogP contribution in [-0.2, 0) is 9.53 Å². The molecular weight excluding hydrogens is 218 g/mol. The van der Waals surface area contributed by atoms with Crippen molar-refractivity contribution in [3.8, 4) is 0 Å². The Morgan fingerprint density at radius 3 is 2.47 bits per heavy atom. The molecular formula is C13H17NO3. The molecule has 0 aromatic heterocycles. The average molecular weight is 235 g/mol. The molecule has 0 spiro atoms. The maximum atomic E-state index is 11.9. The molecule has 4 nitrogen and oxygen atoms in total. The molecule has 1 aromatic rings. The SMILES string of the molecule is COC(=O)CC(N)C(=O)c1ccc(C)c(C)c1. The highest BCUT2D eigenvalue weighted by molar-refractivity contribution is 6.01. The third-order valence-corrected chi connectivity index (χ3v) is 2.74. The second kappa shape index (κ2) is 5.59. The van der Waals surface area contributed by atoms with Gasteiger partial charge < -0.3 is 10.5 Å². The van der Waals surface area contributed by atoms with Gasteiger partial charge in [-0.25, -0.2) is 0 Å². The van der Waals surface area contributed by atoms with Crippen molar-refractivity contribution < 1.29 is 14.3 Å². The minimum atomic E-state index is -0.843. The first kappa shape index (κ1) is 13.4. The number of carbonyl (C=O) groups excluding carboxylic acids is 2. The largest absolute Gasteiger partial charge is 0.469 e. The van der Waals surface area contributed by atoms with Crippen LogP contribution in [0, 0.1) is 13.8 Å². The van der Waals surface area contributed by atoms with E-state index in [0.717, 1.165) is 11.1 Å². The van der Waals surface area contributed by atoms with E-state index in [4.69, 9.17) is 5.73 Å². The summed E-state index contributed by atoms with van der Waals surface area (Å²) in [7, 11) is 1.27. The lowest BCUT2D eigenvalue weighted by molar-refractivity contribution is -0.140. The second-order valence-electron chi connectivity index (χ2n) is 4.05. The fourth-order valence-corrected chi connectivity index (χ4v) is 1.46. The number of carbonyl (C=O) groups is 2. The minimum Gasteiger partial charge on any atom is -0.469 e. The number of methoxy groups -OCH3 is 1. The third-order valence-electron chi connectivity index (χ3n) is 2.74. The van der Waals surface area contributed by atoms with Gasteiger partial charge in [-0.15, -0.1) is 0 Å². The lowest BCUT2D eigenvalue weighted by Gasteiger charge is -2.10. The maximum Gasteiger partial charge on any atom is 0.307 e. The van der Waals surface area contributed by atoms with Gasteiger partial charge in [-0.2, -0.15) is 0 Å². The van der Waals surface area contributed by atoms with Gasteiger partial charge in [0.2, 0.25) is 0 Å². The van der Waals surface area contributed by atoms with Gasteiger partial charge in [-0.05, 0) is 31.0 Å². The Bertz CT molecular complexity index is 440. The van der Waals surface area contributed by atoms with E-state index in [0.29, 0.717) is 5.56 Å². The second-order valence-corrected chi connectivity index (χ2v) is 4.05. The molecule has 0 aliphatic carbocycles. The van der Waals surface area contributed by atoms with Gasteiger partial charge in [0.1, 0.15) is 0 Å². The summed E-state index contributed by atoms with van der Waals surface area (Å²) in [4.78, 5) is 23.0. The molecule has 0 aliphatic rings. The van der Waals surface area contributed by atoms with E-state index in [2.05, 4.69) is 4.74 Å². The maximum absolute atomic E-state index is 11.9. The first-order valence-electron chi connectivity index (χ1n) is 5.39. The zero-order valence-corrected chi connectivity index (χ0v) is 10.3. The van der Waals surface area contributed by atoms with Crippen molar-refractivity contribution in [2.45, 2.75) is 26.3 Å². The Morgan fingerprint density at radius 1 is 1.29 bits per heavy atom. The van der Waals surface area contributed by atoms with Gasteiger partial charge in [0, 0.05) is 5.56 Å². The zero-order valence-electron chi connectivity index (χ0n) is 10.3. The van der Waals surface area contributed by atoms with Crippen molar-refractivity contribution in [2.75, 3.05) is 7.11 Å². The van der Waals surface area contributed by atoms with Crippen LogP contribution in [0.25, 0.3) is 0 Å². The average Bonchev–Trinajstić information content (AvgIpc) is 2.31. The van der Waals surface area contributed by atoms with Crippen LogP contribution in [0.2, 0.25) is 0 Å². The molecule has 0 heterocycles. The normalized spacial score (nSPS) is 12.0. The van der Waals surface area contributed by atoms with Crippen LogP contribution in [0.1, 0.15) is 27.9 Å². The molecule has 0 radical (unpaired) electrons.